The topological polar surface area (TPSA) is 102 Å². The lowest BCUT2D eigenvalue weighted by Gasteiger charge is -2.29. The highest BCUT2D eigenvalue weighted by molar-refractivity contribution is 7.89. The third-order valence-corrected chi connectivity index (χ3v) is 8.87. The highest BCUT2D eigenvalue weighted by Gasteiger charge is 2.28. The molecular weight excluding hydrogens is 486 g/mol. The number of rotatable bonds is 6. The summed E-state index contributed by atoms with van der Waals surface area (Å²) in [6.45, 7) is 3.19. The number of thiazole rings is 1. The lowest BCUT2D eigenvalue weighted by atomic mass is 10.0. The molecule has 2 aromatic heterocycles. The Bertz CT molecular complexity index is 1470. The predicted molar refractivity (Wildman–Crippen MR) is 135 cm³/mol. The Hall–Kier alpha value is -3.21. The standard InChI is InChI=1S/C25H25N3O5S2/c1-16-9-11-28(12-10-16)35(30,31)20-7-4-17(5-8-20)24(29)27-25-26-21(15-34-25)23-13-18-3-6-19(32-2)14-22(18)33-23/h3-8,13-16H,9-12H2,1-2H3,(H,26,27,29). The zero-order valence-corrected chi connectivity index (χ0v) is 21.0. The van der Waals surface area contributed by atoms with Crippen LogP contribution < -0.4 is 10.1 Å². The number of furan rings is 1. The normalized spacial score (nSPS) is 15.4. The van der Waals surface area contributed by atoms with Crippen molar-refractivity contribution in [3.8, 4) is 17.2 Å². The van der Waals surface area contributed by atoms with E-state index in [4.69, 9.17) is 9.15 Å². The number of carbonyl (C=O) groups excluding carboxylic acids is 1. The first kappa shape index (κ1) is 23.5. The summed E-state index contributed by atoms with van der Waals surface area (Å²) in [5, 5.41) is 5.92. The average molecular weight is 512 g/mol. The van der Waals surface area contributed by atoms with E-state index < -0.39 is 10.0 Å². The fourth-order valence-corrected chi connectivity index (χ4v) is 6.20. The van der Waals surface area contributed by atoms with Crippen LogP contribution in [0.2, 0.25) is 0 Å². The Morgan fingerprint density at radius 1 is 1.14 bits per heavy atom. The Morgan fingerprint density at radius 3 is 2.60 bits per heavy atom. The van der Waals surface area contributed by atoms with Gasteiger partial charge in [0.15, 0.2) is 10.9 Å². The van der Waals surface area contributed by atoms with Crippen molar-refractivity contribution in [1.29, 1.82) is 0 Å². The maximum Gasteiger partial charge on any atom is 0.257 e. The predicted octanol–water partition coefficient (Wildman–Crippen LogP) is 5.24. The van der Waals surface area contributed by atoms with E-state index in [1.165, 1.54) is 39.9 Å². The summed E-state index contributed by atoms with van der Waals surface area (Å²) in [7, 11) is -1.96. The molecule has 3 heterocycles. The Balaban J connectivity index is 1.27. The van der Waals surface area contributed by atoms with Crippen LogP contribution in [0.15, 0.2) is 63.2 Å². The van der Waals surface area contributed by atoms with Crippen molar-refractivity contribution in [2.24, 2.45) is 5.92 Å². The van der Waals surface area contributed by atoms with Crippen LogP contribution in [-0.2, 0) is 10.0 Å². The molecule has 1 fully saturated rings. The van der Waals surface area contributed by atoms with Crippen molar-refractivity contribution >= 4 is 43.4 Å². The molecular formula is C25H25N3O5S2. The Labute approximate surface area is 207 Å². The smallest absolute Gasteiger partial charge is 0.257 e. The van der Waals surface area contributed by atoms with E-state index in [0.717, 1.165) is 18.2 Å². The monoisotopic (exact) mass is 511 g/mol. The molecule has 1 aliphatic rings. The molecule has 182 valence electrons. The van der Waals surface area contributed by atoms with Crippen molar-refractivity contribution in [2.45, 2.75) is 24.7 Å². The number of piperidine rings is 1. The lowest BCUT2D eigenvalue weighted by molar-refractivity contribution is 0.102. The van der Waals surface area contributed by atoms with E-state index in [2.05, 4.69) is 17.2 Å². The van der Waals surface area contributed by atoms with E-state index in [-0.39, 0.29) is 10.8 Å². The minimum atomic E-state index is -3.56. The molecule has 8 nitrogen and oxygen atoms in total. The second-order valence-electron chi connectivity index (χ2n) is 8.62. The number of methoxy groups -OCH3 is 1. The van der Waals surface area contributed by atoms with Gasteiger partial charge in [0.05, 0.1) is 12.0 Å². The zero-order valence-electron chi connectivity index (χ0n) is 19.4. The first-order chi connectivity index (χ1) is 16.8. The Morgan fingerprint density at radius 2 is 1.89 bits per heavy atom. The van der Waals surface area contributed by atoms with E-state index in [1.54, 1.807) is 12.5 Å². The number of fused-ring (bicyclic) bond motifs is 1. The first-order valence-electron chi connectivity index (χ1n) is 11.3. The van der Waals surface area contributed by atoms with Gasteiger partial charge < -0.3 is 9.15 Å². The van der Waals surface area contributed by atoms with Crippen molar-refractivity contribution in [1.82, 2.24) is 9.29 Å². The molecule has 0 unspecified atom stereocenters. The van der Waals surface area contributed by atoms with Crippen LogP contribution in [0, 0.1) is 5.92 Å². The fourth-order valence-electron chi connectivity index (χ4n) is 4.03. The highest BCUT2D eigenvalue weighted by atomic mass is 32.2. The van der Waals surface area contributed by atoms with E-state index in [9.17, 15) is 13.2 Å². The molecule has 1 amide bonds. The summed E-state index contributed by atoms with van der Waals surface area (Å²) in [4.78, 5) is 17.4. The molecule has 0 bridgehead atoms. The van der Waals surface area contributed by atoms with Gasteiger partial charge >= 0.3 is 0 Å². The number of benzene rings is 2. The van der Waals surface area contributed by atoms with Gasteiger partial charge in [0.2, 0.25) is 10.0 Å². The quantitative estimate of drug-likeness (QED) is 0.380. The molecule has 0 aliphatic carbocycles. The van der Waals surface area contributed by atoms with E-state index in [0.29, 0.717) is 52.5 Å². The summed E-state index contributed by atoms with van der Waals surface area (Å²) >= 11 is 1.28. The number of carbonyl (C=O) groups is 1. The third-order valence-electron chi connectivity index (χ3n) is 6.20. The molecule has 0 saturated carbocycles. The first-order valence-corrected chi connectivity index (χ1v) is 13.6. The molecule has 1 saturated heterocycles. The van der Waals surface area contributed by atoms with Gasteiger partial charge in [-0.3, -0.25) is 10.1 Å². The highest BCUT2D eigenvalue weighted by Crippen LogP contribution is 2.32. The maximum atomic E-state index is 12.9. The van der Waals surface area contributed by atoms with E-state index in [1.807, 2.05) is 24.3 Å². The van der Waals surface area contributed by atoms with Gasteiger partial charge in [0, 0.05) is 35.5 Å². The second kappa shape index (κ2) is 9.44. The molecule has 1 N–H and O–H groups in total. The molecule has 0 radical (unpaired) electrons. The third kappa shape index (κ3) is 4.82. The number of sulfonamides is 1. The SMILES string of the molecule is COc1ccc2cc(-c3csc(NC(=O)c4ccc(S(=O)(=O)N5CCC(C)CC5)cc4)n3)oc2c1. The van der Waals surface area contributed by atoms with Gasteiger partial charge in [-0.25, -0.2) is 13.4 Å². The van der Waals surface area contributed by atoms with Gasteiger partial charge in [-0.2, -0.15) is 4.31 Å². The van der Waals surface area contributed by atoms with E-state index >= 15 is 0 Å². The van der Waals surface area contributed by atoms with Gasteiger partial charge in [0.1, 0.15) is 17.0 Å². The minimum Gasteiger partial charge on any atom is -0.497 e. The maximum absolute atomic E-state index is 12.9. The number of nitrogens with one attached hydrogen (secondary N) is 1. The number of hydrogen-bond acceptors (Lipinski definition) is 7. The van der Waals surface area contributed by atoms with Crippen LogP contribution in [0.4, 0.5) is 5.13 Å². The number of ether oxygens (including phenoxy) is 1. The summed E-state index contributed by atoms with van der Waals surface area (Å²) in [6, 6.07) is 13.5. The van der Waals surface area contributed by atoms with Crippen molar-refractivity contribution in [3.63, 3.8) is 0 Å². The summed E-state index contributed by atoms with van der Waals surface area (Å²) in [5.74, 6) is 1.46. The van der Waals surface area contributed by atoms with Gasteiger partial charge in [-0.1, -0.05) is 6.92 Å². The number of nitrogens with zero attached hydrogens (tertiary/aromatic N) is 2. The molecule has 5 rings (SSSR count). The molecule has 10 heteroatoms. The summed E-state index contributed by atoms with van der Waals surface area (Å²) in [5.41, 5.74) is 1.65. The number of amides is 1. The minimum absolute atomic E-state index is 0.196. The Kier molecular flexibility index (Phi) is 6.35. The van der Waals surface area contributed by atoms with Gasteiger partial charge in [-0.05, 0) is 61.2 Å². The van der Waals surface area contributed by atoms with Gasteiger partial charge in [0.25, 0.3) is 5.91 Å². The zero-order chi connectivity index (χ0) is 24.6. The molecule has 4 aromatic rings. The number of hydrogen-bond donors (Lipinski definition) is 1. The summed E-state index contributed by atoms with van der Waals surface area (Å²) < 4.78 is 38.5. The lowest BCUT2D eigenvalue weighted by Crippen LogP contribution is -2.37. The molecule has 2 aromatic carbocycles. The molecule has 35 heavy (non-hydrogen) atoms. The number of aromatic nitrogens is 1. The van der Waals surface area contributed by atoms with Crippen molar-refractivity contribution in [3.05, 3.63) is 59.5 Å². The van der Waals surface area contributed by atoms with Crippen LogP contribution in [0.25, 0.3) is 22.4 Å². The van der Waals surface area contributed by atoms with Crippen LogP contribution in [0.5, 0.6) is 5.75 Å². The van der Waals surface area contributed by atoms with Crippen LogP contribution >= 0.6 is 11.3 Å². The average Bonchev–Trinajstić information content (AvgIpc) is 3.50. The molecule has 0 atom stereocenters. The number of anilines is 1. The van der Waals surface area contributed by atoms with Crippen LogP contribution in [-0.4, -0.2) is 43.8 Å². The molecule has 0 spiro atoms. The van der Waals surface area contributed by atoms with Crippen molar-refractivity contribution < 1.29 is 22.4 Å². The second-order valence-corrected chi connectivity index (χ2v) is 11.4. The summed E-state index contributed by atoms with van der Waals surface area (Å²) in [6.07, 6.45) is 1.72. The van der Waals surface area contributed by atoms with Crippen LogP contribution in [0.3, 0.4) is 0 Å². The molecule has 1 aliphatic heterocycles. The van der Waals surface area contributed by atoms with Gasteiger partial charge in [-0.15, -0.1) is 11.3 Å². The largest absolute Gasteiger partial charge is 0.497 e. The van der Waals surface area contributed by atoms with Crippen molar-refractivity contribution in [2.75, 3.05) is 25.5 Å². The van der Waals surface area contributed by atoms with Crippen LogP contribution in [0.1, 0.15) is 30.1 Å². The fraction of sp³-hybridized carbons (Fsp3) is 0.280.